The van der Waals surface area contributed by atoms with Crippen LogP contribution in [0.5, 0.6) is 0 Å². The molecule has 2 nitrogen and oxygen atoms in total. The first-order chi connectivity index (χ1) is 6.32. The summed E-state index contributed by atoms with van der Waals surface area (Å²) in [4.78, 5) is 10.5. The molecule has 0 aromatic heterocycles. The zero-order valence-electron chi connectivity index (χ0n) is 7.55. The minimum Gasteiger partial charge on any atom is -0.366 e. The fraction of sp³-hybridized carbons (Fsp3) is 0.125. The molecule has 16 heavy (non-hydrogen) atoms. The monoisotopic (exact) mass is 279 g/mol. The van der Waals surface area contributed by atoms with Crippen molar-refractivity contribution in [3.05, 3.63) is 35.1 Å². The summed E-state index contributed by atoms with van der Waals surface area (Å²) < 4.78 is 49.0. The Labute approximate surface area is 101 Å². The second-order valence-electron chi connectivity index (χ2n) is 2.56. The maximum Gasteiger partial charge on any atom is 0.419 e. The molecule has 0 aliphatic carbocycles. The van der Waals surface area contributed by atoms with Gasteiger partial charge in [0.1, 0.15) is 5.82 Å². The van der Waals surface area contributed by atoms with Crippen molar-refractivity contribution >= 4 is 30.7 Å². The predicted molar refractivity (Wildman–Crippen MR) is 54.4 cm³/mol. The van der Waals surface area contributed by atoms with E-state index in [2.05, 4.69) is 0 Å². The molecule has 0 aliphatic heterocycles. The average Bonchev–Trinajstić information content (AvgIpc) is 2.02. The lowest BCUT2D eigenvalue weighted by Gasteiger charge is -2.08. The van der Waals surface area contributed by atoms with Crippen LogP contribution >= 0.6 is 24.8 Å². The number of hydrogen-bond donors (Lipinski definition) is 1. The molecule has 0 aliphatic rings. The molecule has 92 valence electrons. The minimum atomic E-state index is -4.82. The van der Waals surface area contributed by atoms with Gasteiger partial charge in [-0.1, -0.05) is 0 Å². The summed E-state index contributed by atoms with van der Waals surface area (Å²) in [6.07, 6.45) is -4.82. The maximum absolute atomic E-state index is 12.7. The minimum absolute atomic E-state index is 0. The summed E-state index contributed by atoms with van der Waals surface area (Å²) in [5, 5.41) is 0. The number of rotatable bonds is 1. The van der Waals surface area contributed by atoms with E-state index in [1.165, 1.54) is 0 Å². The van der Waals surface area contributed by atoms with Crippen molar-refractivity contribution in [1.29, 1.82) is 0 Å². The molecule has 8 heteroatoms. The maximum atomic E-state index is 12.7. The predicted octanol–water partition coefficient (Wildman–Crippen LogP) is 2.79. The van der Waals surface area contributed by atoms with Gasteiger partial charge in [0.05, 0.1) is 5.56 Å². The summed E-state index contributed by atoms with van der Waals surface area (Å²) in [5.41, 5.74) is 2.88. The standard InChI is InChI=1S/C8H5F4NO.2ClH/c9-6-2-1-4(7(13)14)3-5(6)8(10,11)12;;/h1-3H,(H2,13,14);2*1H. The summed E-state index contributed by atoms with van der Waals surface area (Å²) in [6, 6.07) is 1.84. The molecule has 1 rings (SSSR count). The van der Waals surface area contributed by atoms with E-state index in [9.17, 15) is 22.4 Å². The Morgan fingerprint density at radius 1 is 1.19 bits per heavy atom. The number of carbonyl (C=O) groups is 1. The van der Waals surface area contributed by atoms with Gasteiger partial charge in [0.2, 0.25) is 5.91 Å². The highest BCUT2D eigenvalue weighted by molar-refractivity contribution is 5.92. The van der Waals surface area contributed by atoms with E-state index < -0.39 is 23.5 Å². The third-order valence-corrected chi connectivity index (χ3v) is 1.56. The van der Waals surface area contributed by atoms with Gasteiger partial charge in [0, 0.05) is 5.56 Å². The fourth-order valence-electron chi connectivity index (χ4n) is 0.896. The molecule has 1 amide bonds. The Morgan fingerprint density at radius 3 is 2.06 bits per heavy atom. The number of halogens is 6. The Balaban J connectivity index is 0. The summed E-state index contributed by atoms with van der Waals surface area (Å²) in [5.74, 6) is -2.46. The highest BCUT2D eigenvalue weighted by Crippen LogP contribution is 2.31. The number of hydrogen-bond acceptors (Lipinski definition) is 1. The highest BCUT2D eigenvalue weighted by Gasteiger charge is 2.34. The molecule has 0 saturated heterocycles. The molecule has 0 saturated carbocycles. The largest absolute Gasteiger partial charge is 0.419 e. The van der Waals surface area contributed by atoms with Crippen LogP contribution in [0.15, 0.2) is 18.2 Å². The smallest absolute Gasteiger partial charge is 0.366 e. The van der Waals surface area contributed by atoms with Crippen LogP contribution in [0.25, 0.3) is 0 Å². The number of nitrogens with two attached hydrogens (primary N) is 1. The van der Waals surface area contributed by atoms with Gasteiger partial charge in [-0.15, -0.1) is 24.8 Å². The Kier molecular flexibility index (Phi) is 6.42. The van der Waals surface area contributed by atoms with Crippen molar-refractivity contribution in [3.63, 3.8) is 0 Å². The topological polar surface area (TPSA) is 43.1 Å². The second kappa shape index (κ2) is 5.91. The molecule has 0 radical (unpaired) electrons. The van der Waals surface area contributed by atoms with Gasteiger partial charge in [-0.2, -0.15) is 13.2 Å². The van der Waals surface area contributed by atoms with Gasteiger partial charge >= 0.3 is 6.18 Å². The molecule has 0 bridgehead atoms. The van der Waals surface area contributed by atoms with Crippen LogP contribution in [0.1, 0.15) is 15.9 Å². The van der Waals surface area contributed by atoms with E-state index >= 15 is 0 Å². The summed E-state index contributed by atoms with van der Waals surface area (Å²) in [6.45, 7) is 0. The SMILES string of the molecule is Cl.Cl.NC(=O)c1ccc(F)c(C(F)(F)F)c1. The van der Waals surface area contributed by atoms with Gasteiger partial charge in [0.15, 0.2) is 0 Å². The number of alkyl halides is 3. The van der Waals surface area contributed by atoms with Crippen LogP contribution in [-0.2, 0) is 6.18 Å². The van der Waals surface area contributed by atoms with Gasteiger partial charge in [-0.05, 0) is 18.2 Å². The molecule has 0 spiro atoms. The summed E-state index contributed by atoms with van der Waals surface area (Å²) >= 11 is 0. The summed E-state index contributed by atoms with van der Waals surface area (Å²) in [7, 11) is 0. The molecule has 0 fully saturated rings. The molecule has 2 N–H and O–H groups in total. The van der Waals surface area contributed by atoms with Crippen molar-refractivity contribution in [2.75, 3.05) is 0 Å². The van der Waals surface area contributed by atoms with E-state index in [1.807, 2.05) is 0 Å². The molecular formula is C8H7Cl2F4NO. The molecular weight excluding hydrogens is 273 g/mol. The van der Waals surface area contributed by atoms with E-state index in [0.29, 0.717) is 12.1 Å². The second-order valence-corrected chi connectivity index (χ2v) is 2.56. The zero-order valence-corrected chi connectivity index (χ0v) is 9.18. The number of carbonyl (C=O) groups excluding carboxylic acids is 1. The van der Waals surface area contributed by atoms with Crippen LogP contribution in [0.2, 0.25) is 0 Å². The van der Waals surface area contributed by atoms with Crippen molar-refractivity contribution < 1.29 is 22.4 Å². The number of amides is 1. The van der Waals surface area contributed by atoms with Crippen LogP contribution in [-0.4, -0.2) is 5.91 Å². The number of benzene rings is 1. The lowest BCUT2D eigenvalue weighted by Crippen LogP contribution is -2.14. The van der Waals surface area contributed by atoms with E-state index in [4.69, 9.17) is 5.73 Å². The number of primary amides is 1. The molecule has 0 unspecified atom stereocenters. The third-order valence-electron chi connectivity index (χ3n) is 1.56. The first-order valence-electron chi connectivity index (χ1n) is 3.49. The van der Waals surface area contributed by atoms with Gasteiger partial charge in [0.25, 0.3) is 0 Å². The Hall–Kier alpha value is -1.01. The Morgan fingerprint density at radius 2 is 1.69 bits per heavy atom. The first-order valence-corrected chi connectivity index (χ1v) is 3.49. The van der Waals surface area contributed by atoms with Crippen molar-refractivity contribution in [2.45, 2.75) is 6.18 Å². The van der Waals surface area contributed by atoms with Crippen molar-refractivity contribution in [3.8, 4) is 0 Å². The zero-order chi connectivity index (χ0) is 10.9. The van der Waals surface area contributed by atoms with Gasteiger partial charge in [-0.25, -0.2) is 4.39 Å². The molecule has 1 aromatic rings. The van der Waals surface area contributed by atoms with Crippen LogP contribution in [0, 0.1) is 5.82 Å². The molecule has 0 atom stereocenters. The van der Waals surface area contributed by atoms with Gasteiger partial charge < -0.3 is 5.73 Å². The average molecular weight is 280 g/mol. The first kappa shape index (κ1) is 17.4. The lowest BCUT2D eigenvalue weighted by molar-refractivity contribution is -0.140. The molecule has 1 aromatic carbocycles. The fourth-order valence-corrected chi connectivity index (χ4v) is 0.896. The van der Waals surface area contributed by atoms with Crippen molar-refractivity contribution in [1.82, 2.24) is 0 Å². The van der Waals surface area contributed by atoms with E-state index in [1.54, 1.807) is 0 Å². The quantitative estimate of drug-likeness (QED) is 0.790. The Bertz CT molecular complexity index is 381. The van der Waals surface area contributed by atoms with E-state index in [-0.39, 0.29) is 30.4 Å². The normalized spacial score (nSPS) is 10.0. The van der Waals surface area contributed by atoms with Crippen LogP contribution in [0.3, 0.4) is 0 Å². The third kappa shape index (κ3) is 3.86. The van der Waals surface area contributed by atoms with Crippen molar-refractivity contribution in [2.24, 2.45) is 5.73 Å². The van der Waals surface area contributed by atoms with E-state index in [0.717, 1.165) is 6.07 Å². The lowest BCUT2D eigenvalue weighted by atomic mass is 10.1. The van der Waals surface area contributed by atoms with Crippen LogP contribution < -0.4 is 5.73 Å². The molecule has 0 heterocycles. The highest BCUT2D eigenvalue weighted by atomic mass is 35.5. The van der Waals surface area contributed by atoms with Gasteiger partial charge in [-0.3, -0.25) is 4.79 Å². The van der Waals surface area contributed by atoms with Crippen LogP contribution in [0.4, 0.5) is 17.6 Å².